The molecule has 1 amide bonds. The molecule has 0 radical (unpaired) electrons. The minimum atomic E-state index is -0.0623. The molecule has 1 aliphatic carbocycles. The van der Waals surface area contributed by atoms with Crippen LogP contribution in [0.1, 0.15) is 29.1 Å². The van der Waals surface area contributed by atoms with Crippen molar-refractivity contribution in [3.63, 3.8) is 0 Å². The van der Waals surface area contributed by atoms with Gasteiger partial charge in [-0.15, -0.1) is 12.4 Å². The maximum atomic E-state index is 12.3. The average molecular weight is 302 g/mol. The quantitative estimate of drug-likeness (QED) is 0.902. The summed E-state index contributed by atoms with van der Waals surface area (Å²) in [6, 6.07) is 1.89. The Morgan fingerprint density at radius 2 is 2.35 bits per heavy atom. The van der Waals surface area contributed by atoms with E-state index in [-0.39, 0.29) is 24.4 Å². The molecule has 0 aromatic carbocycles. The monoisotopic (exact) mass is 301 g/mol. The summed E-state index contributed by atoms with van der Waals surface area (Å²) in [6.45, 7) is 1.87. The number of hydrogen-bond donors (Lipinski definition) is 1. The molecule has 1 aromatic heterocycles. The third-order valence-corrected chi connectivity index (χ3v) is 4.26. The number of aromatic nitrogens is 1. The lowest BCUT2D eigenvalue weighted by Crippen LogP contribution is -2.33. The minimum absolute atomic E-state index is 0. The highest BCUT2D eigenvalue weighted by molar-refractivity contribution is 5.92. The summed E-state index contributed by atoms with van der Waals surface area (Å²) in [6.07, 6.45) is 2.21. The number of halogens is 1. The standard InChI is InChI=1S/C13H19N3O3.ClH/c1-18-7-9-4-12(15-19-9)13(17)16-5-8-2-3-11(14)10(8)6-16;/h4,8,10-11H,2-3,5-7,14H2,1H3;1H. The third-order valence-electron chi connectivity index (χ3n) is 4.26. The van der Waals surface area contributed by atoms with Crippen molar-refractivity contribution in [2.24, 2.45) is 17.6 Å². The van der Waals surface area contributed by atoms with Gasteiger partial charge in [-0.3, -0.25) is 4.79 Å². The van der Waals surface area contributed by atoms with Crippen molar-refractivity contribution in [1.82, 2.24) is 10.1 Å². The van der Waals surface area contributed by atoms with Crippen LogP contribution in [0.3, 0.4) is 0 Å². The topological polar surface area (TPSA) is 81.6 Å². The fourth-order valence-electron chi connectivity index (χ4n) is 3.26. The number of fused-ring (bicyclic) bond motifs is 1. The fourth-order valence-corrected chi connectivity index (χ4v) is 3.26. The zero-order valence-electron chi connectivity index (χ0n) is 11.4. The summed E-state index contributed by atoms with van der Waals surface area (Å²) in [5, 5.41) is 3.81. The van der Waals surface area contributed by atoms with Crippen LogP contribution in [0, 0.1) is 11.8 Å². The van der Waals surface area contributed by atoms with Crippen molar-refractivity contribution in [2.75, 3.05) is 20.2 Å². The summed E-state index contributed by atoms with van der Waals surface area (Å²) >= 11 is 0. The van der Waals surface area contributed by atoms with E-state index in [1.807, 2.05) is 4.90 Å². The molecule has 3 unspecified atom stereocenters. The molecule has 2 heterocycles. The van der Waals surface area contributed by atoms with Crippen LogP contribution in [0.5, 0.6) is 0 Å². The number of ether oxygens (including phenoxy) is 1. The molecule has 1 aromatic rings. The maximum Gasteiger partial charge on any atom is 0.276 e. The van der Waals surface area contributed by atoms with Gasteiger partial charge in [-0.05, 0) is 24.7 Å². The van der Waals surface area contributed by atoms with Gasteiger partial charge in [0, 0.05) is 32.3 Å². The van der Waals surface area contributed by atoms with Gasteiger partial charge in [-0.25, -0.2) is 0 Å². The van der Waals surface area contributed by atoms with Crippen molar-refractivity contribution >= 4 is 18.3 Å². The number of carbonyl (C=O) groups is 1. The van der Waals surface area contributed by atoms with E-state index < -0.39 is 0 Å². The number of carbonyl (C=O) groups excluding carboxylic acids is 1. The van der Waals surface area contributed by atoms with Crippen molar-refractivity contribution in [1.29, 1.82) is 0 Å². The van der Waals surface area contributed by atoms with Crippen molar-refractivity contribution in [3.05, 3.63) is 17.5 Å². The Morgan fingerprint density at radius 1 is 1.55 bits per heavy atom. The Hall–Kier alpha value is -1.11. The van der Waals surface area contributed by atoms with E-state index in [0.29, 0.717) is 29.9 Å². The van der Waals surface area contributed by atoms with Crippen molar-refractivity contribution in [2.45, 2.75) is 25.5 Å². The first kappa shape index (κ1) is 15.3. The van der Waals surface area contributed by atoms with Gasteiger partial charge in [0.1, 0.15) is 6.61 Å². The van der Waals surface area contributed by atoms with Crippen molar-refractivity contribution < 1.29 is 14.1 Å². The Balaban J connectivity index is 0.00000147. The number of rotatable bonds is 3. The SMILES string of the molecule is COCc1cc(C(=O)N2CC3CCC(N)C3C2)no1.Cl. The van der Waals surface area contributed by atoms with Gasteiger partial charge in [0.25, 0.3) is 5.91 Å². The number of amides is 1. The summed E-state index contributed by atoms with van der Waals surface area (Å²) in [4.78, 5) is 14.2. The third kappa shape index (κ3) is 2.68. The zero-order chi connectivity index (χ0) is 13.4. The van der Waals surface area contributed by atoms with Crippen LogP contribution in [-0.4, -0.2) is 42.2 Å². The van der Waals surface area contributed by atoms with Crippen LogP contribution < -0.4 is 5.73 Å². The molecule has 2 N–H and O–H groups in total. The van der Waals surface area contributed by atoms with E-state index >= 15 is 0 Å². The van der Waals surface area contributed by atoms with Crippen LogP contribution in [0.15, 0.2) is 10.6 Å². The van der Waals surface area contributed by atoms with Crippen molar-refractivity contribution in [3.8, 4) is 0 Å². The molecular formula is C13H20ClN3O3. The summed E-state index contributed by atoms with van der Waals surface area (Å²) < 4.78 is 10.00. The summed E-state index contributed by atoms with van der Waals surface area (Å²) in [5.41, 5.74) is 6.44. The van der Waals surface area contributed by atoms with E-state index in [2.05, 4.69) is 5.16 Å². The van der Waals surface area contributed by atoms with Gasteiger partial charge in [0.05, 0.1) is 0 Å². The van der Waals surface area contributed by atoms with Crippen LogP contribution in [0.25, 0.3) is 0 Å². The summed E-state index contributed by atoms with van der Waals surface area (Å²) in [7, 11) is 1.58. The highest BCUT2D eigenvalue weighted by Crippen LogP contribution is 2.37. The van der Waals surface area contributed by atoms with Gasteiger partial charge in [0.15, 0.2) is 11.5 Å². The average Bonchev–Trinajstić information content (AvgIpc) is 3.07. The van der Waals surface area contributed by atoms with Crippen LogP contribution >= 0.6 is 12.4 Å². The molecule has 2 aliphatic rings. The zero-order valence-corrected chi connectivity index (χ0v) is 12.3. The van der Waals surface area contributed by atoms with E-state index in [4.69, 9.17) is 15.0 Å². The molecule has 0 spiro atoms. The lowest BCUT2D eigenvalue weighted by Gasteiger charge is -2.17. The van der Waals surface area contributed by atoms with Crippen LogP contribution in [0.4, 0.5) is 0 Å². The van der Waals surface area contributed by atoms with E-state index in [9.17, 15) is 4.79 Å². The molecule has 1 saturated heterocycles. The van der Waals surface area contributed by atoms with Gasteiger partial charge in [-0.2, -0.15) is 0 Å². The minimum Gasteiger partial charge on any atom is -0.377 e. The second kappa shape index (κ2) is 6.11. The van der Waals surface area contributed by atoms with E-state index in [1.165, 1.54) is 0 Å². The fraction of sp³-hybridized carbons (Fsp3) is 0.692. The molecule has 1 saturated carbocycles. The Labute approximate surface area is 124 Å². The number of hydrogen-bond acceptors (Lipinski definition) is 5. The highest BCUT2D eigenvalue weighted by atomic mass is 35.5. The Morgan fingerprint density at radius 3 is 3.05 bits per heavy atom. The number of nitrogens with zero attached hydrogens (tertiary/aromatic N) is 2. The van der Waals surface area contributed by atoms with E-state index in [0.717, 1.165) is 25.9 Å². The Bertz CT molecular complexity index is 479. The smallest absolute Gasteiger partial charge is 0.276 e. The van der Waals surface area contributed by atoms with Gasteiger partial charge in [0.2, 0.25) is 0 Å². The molecular weight excluding hydrogens is 282 g/mol. The normalized spacial score (nSPS) is 28.3. The largest absolute Gasteiger partial charge is 0.377 e. The predicted molar refractivity (Wildman–Crippen MR) is 74.6 cm³/mol. The molecule has 6 nitrogen and oxygen atoms in total. The predicted octanol–water partition coefficient (Wildman–Crippen LogP) is 1.05. The lowest BCUT2D eigenvalue weighted by molar-refractivity contribution is 0.0768. The number of nitrogens with two attached hydrogens (primary N) is 1. The van der Waals surface area contributed by atoms with E-state index in [1.54, 1.807) is 13.2 Å². The highest BCUT2D eigenvalue weighted by Gasteiger charge is 2.43. The molecule has 2 fully saturated rings. The molecule has 7 heteroatoms. The molecule has 20 heavy (non-hydrogen) atoms. The second-order valence-corrected chi connectivity index (χ2v) is 5.49. The molecule has 112 valence electrons. The molecule has 3 atom stereocenters. The summed E-state index contributed by atoms with van der Waals surface area (Å²) in [5.74, 6) is 1.52. The number of methoxy groups -OCH3 is 1. The number of likely N-dealkylation sites (tertiary alicyclic amines) is 1. The first-order chi connectivity index (χ1) is 9.19. The first-order valence-corrected chi connectivity index (χ1v) is 6.68. The second-order valence-electron chi connectivity index (χ2n) is 5.49. The molecule has 1 aliphatic heterocycles. The van der Waals surface area contributed by atoms with Gasteiger partial charge < -0.3 is 19.9 Å². The van der Waals surface area contributed by atoms with Crippen LogP contribution in [-0.2, 0) is 11.3 Å². The van der Waals surface area contributed by atoms with Crippen LogP contribution in [0.2, 0.25) is 0 Å². The maximum absolute atomic E-state index is 12.3. The molecule has 0 bridgehead atoms. The van der Waals surface area contributed by atoms with Gasteiger partial charge >= 0.3 is 0 Å². The Kier molecular flexibility index (Phi) is 4.67. The molecule has 3 rings (SSSR count). The lowest BCUT2D eigenvalue weighted by atomic mass is 9.98. The first-order valence-electron chi connectivity index (χ1n) is 6.68. The van der Waals surface area contributed by atoms with Gasteiger partial charge in [-0.1, -0.05) is 5.16 Å².